The average Bonchev–Trinajstić information content (AvgIpc) is 2.51. The number of carbonyl (C=O) groups excluding carboxylic acids is 1. The summed E-state index contributed by atoms with van der Waals surface area (Å²) in [6.07, 6.45) is 5.13. The summed E-state index contributed by atoms with van der Waals surface area (Å²) in [4.78, 5) is 16.3. The van der Waals surface area contributed by atoms with Gasteiger partial charge in [0.25, 0.3) is 5.91 Å². The lowest BCUT2D eigenvalue weighted by atomic mass is 9.80. The van der Waals surface area contributed by atoms with Crippen LogP contribution in [-0.4, -0.2) is 16.9 Å². The number of rotatable bonds is 6. The van der Waals surface area contributed by atoms with Crippen molar-refractivity contribution in [3.05, 3.63) is 59.5 Å². The molecule has 0 aliphatic heterocycles. The highest BCUT2D eigenvalue weighted by molar-refractivity contribution is 5.94. The van der Waals surface area contributed by atoms with Crippen molar-refractivity contribution in [1.29, 1.82) is 0 Å². The fraction of sp³-hybridized carbons (Fsp3) is 0.368. The van der Waals surface area contributed by atoms with Crippen LogP contribution in [0.5, 0.6) is 5.88 Å². The molecular weight excluding hydrogens is 307 g/mol. The van der Waals surface area contributed by atoms with E-state index in [0.29, 0.717) is 17.4 Å². The Morgan fingerprint density at radius 1 is 1.38 bits per heavy atom. The summed E-state index contributed by atoms with van der Waals surface area (Å²) >= 11 is 0. The zero-order valence-corrected chi connectivity index (χ0v) is 13.7. The van der Waals surface area contributed by atoms with Crippen LogP contribution in [0.3, 0.4) is 0 Å². The second-order valence-corrected chi connectivity index (χ2v) is 6.26. The summed E-state index contributed by atoms with van der Waals surface area (Å²) in [6, 6.07) is 9.77. The maximum atomic E-state index is 13.1. The van der Waals surface area contributed by atoms with Crippen molar-refractivity contribution < 1.29 is 13.9 Å². The number of ether oxygens (including phenoxy) is 1. The Bertz CT molecular complexity index is 699. The quantitative estimate of drug-likeness (QED) is 0.879. The molecule has 2 aromatic rings. The van der Waals surface area contributed by atoms with E-state index in [2.05, 4.69) is 10.3 Å². The monoisotopic (exact) mass is 328 g/mol. The van der Waals surface area contributed by atoms with Gasteiger partial charge < -0.3 is 10.1 Å². The maximum absolute atomic E-state index is 13.1. The first-order valence-corrected chi connectivity index (χ1v) is 8.26. The number of pyridine rings is 1. The maximum Gasteiger partial charge on any atom is 0.253 e. The molecule has 1 saturated carbocycles. The van der Waals surface area contributed by atoms with Crippen LogP contribution >= 0.6 is 0 Å². The van der Waals surface area contributed by atoms with E-state index in [1.165, 1.54) is 37.6 Å². The lowest BCUT2D eigenvalue weighted by Crippen LogP contribution is -2.40. The molecule has 1 heterocycles. The van der Waals surface area contributed by atoms with Crippen LogP contribution in [0.4, 0.5) is 4.39 Å². The van der Waals surface area contributed by atoms with Gasteiger partial charge in [0.15, 0.2) is 0 Å². The Kier molecular flexibility index (Phi) is 5.08. The van der Waals surface area contributed by atoms with Crippen molar-refractivity contribution in [1.82, 2.24) is 10.3 Å². The van der Waals surface area contributed by atoms with Gasteiger partial charge in [-0.1, -0.05) is 18.6 Å². The third kappa shape index (κ3) is 4.10. The van der Waals surface area contributed by atoms with Gasteiger partial charge in [0.05, 0.1) is 5.56 Å². The Morgan fingerprint density at radius 3 is 2.83 bits per heavy atom. The first-order valence-electron chi connectivity index (χ1n) is 8.26. The van der Waals surface area contributed by atoms with E-state index >= 15 is 0 Å². The molecule has 126 valence electrons. The Morgan fingerprint density at radius 2 is 2.21 bits per heavy atom. The van der Waals surface area contributed by atoms with Gasteiger partial charge >= 0.3 is 0 Å². The number of nitrogens with one attached hydrogen (secondary N) is 1. The van der Waals surface area contributed by atoms with Gasteiger partial charge in [0.2, 0.25) is 5.88 Å². The highest BCUT2D eigenvalue weighted by Crippen LogP contribution is 2.29. The number of hydrogen-bond donors (Lipinski definition) is 1. The SMILES string of the molecule is CC(NC(=O)c1ccc(OCc2cccc(F)c2)nc1)C1CCC1. The summed E-state index contributed by atoms with van der Waals surface area (Å²) in [6.45, 7) is 2.28. The fourth-order valence-electron chi connectivity index (χ4n) is 2.73. The summed E-state index contributed by atoms with van der Waals surface area (Å²) in [5, 5.41) is 3.02. The van der Waals surface area contributed by atoms with Crippen LogP contribution in [0.15, 0.2) is 42.6 Å². The first kappa shape index (κ1) is 16.4. The molecule has 1 unspecified atom stereocenters. The van der Waals surface area contributed by atoms with Crippen molar-refractivity contribution in [3.8, 4) is 5.88 Å². The summed E-state index contributed by atoms with van der Waals surface area (Å²) in [7, 11) is 0. The minimum Gasteiger partial charge on any atom is -0.473 e. The third-order valence-corrected chi connectivity index (χ3v) is 4.49. The van der Waals surface area contributed by atoms with Crippen LogP contribution in [0.1, 0.15) is 42.1 Å². The minimum absolute atomic E-state index is 0.112. The van der Waals surface area contributed by atoms with E-state index in [-0.39, 0.29) is 24.4 Å². The fourth-order valence-corrected chi connectivity index (χ4v) is 2.73. The molecule has 1 aromatic carbocycles. The van der Waals surface area contributed by atoms with Crippen molar-refractivity contribution in [2.45, 2.75) is 38.8 Å². The number of amides is 1. The molecular formula is C19H21FN2O2. The summed E-state index contributed by atoms with van der Waals surface area (Å²) in [5.74, 6) is 0.592. The second-order valence-electron chi connectivity index (χ2n) is 6.26. The molecule has 3 rings (SSSR count). The van der Waals surface area contributed by atoms with Crippen molar-refractivity contribution in [2.24, 2.45) is 5.92 Å². The molecule has 0 radical (unpaired) electrons. The van der Waals surface area contributed by atoms with Gasteiger partial charge in [-0.2, -0.15) is 0 Å². The normalized spacial score (nSPS) is 15.4. The number of benzene rings is 1. The number of hydrogen-bond acceptors (Lipinski definition) is 3. The largest absolute Gasteiger partial charge is 0.473 e. The summed E-state index contributed by atoms with van der Waals surface area (Å²) < 4.78 is 18.6. The molecule has 1 amide bonds. The van der Waals surface area contributed by atoms with E-state index in [0.717, 1.165) is 5.56 Å². The van der Waals surface area contributed by atoms with E-state index in [4.69, 9.17) is 4.74 Å². The van der Waals surface area contributed by atoms with Crippen LogP contribution in [0.2, 0.25) is 0 Å². The number of halogens is 1. The lowest BCUT2D eigenvalue weighted by molar-refractivity contribution is 0.0909. The molecule has 1 aromatic heterocycles. The molecule has 4 nitrogen and oxygen atoms in total. The van der Waals surface area contributed by atoms with Crippen molar-refractivity contribution in [2.75, 3.05) is 0 Å². The van der Waals surface area contributed by atoms with Crippen LogP contribution in [-0.2, 0) is 6.61 Å². The van der Waals surface area contributed by atoms with Gasteiger partial charge in [-0.25, -0.2) is 9.37 Å². The zero-order valence-electron chi connectivity index (χ0n) is 13.7. The number of carbonyl (C=O) groups is 1. The Balaban J connectivity index is 1.53. The minimum atomic E-state index is -0.295. The van der Waals surface area contributed by atoms with Crippen LogP contribution in [0.25, 0.3) is 0 Å². The van der Waals surface area contributed by atoms with Gasteiger partial charge in [-0.15, -0.1) is 0 Å². The van der Waals surface area contributed by atoms with Gasteiger partial charge in [0, 0.05) is 18.3 Å². The van der Waals surface area contributed by atoms with Gasteiger partial charge in [-0.05, 0) is 49.4 Å². The van der Waals surface area contributed by atoms with E-state index in [9.17, 15) is 9.18 Å². The molecule has 0 spiro atoms. The highest BCUT2D eigenvalue weighted by Gasteiger charge is 2.25. The summed E-state index contributed by atoms with van der Waals surface area (Å²) in [5.41, 5.74) is 1.24. The van der Waals surface area contributed by atoms with E-state index < -0.39 is 0 Å². The zero-order chi connectivity index (χ0) is 16.9. The molecule has 1 atom stereocenters. The molecule has 5 heteroatoms. The van der Waals surface area contributed by atoms with Crippen molar-refractivity contribution >= 4 is 5.91 Å². The van der Waals surface area contributed by atoms with Crippen LogP contribution in [0, 0.1) is 11.7 Å². The molecule has 1 aliphatic carbocycles. The highest BCUT2D eigenvalue weighted by atomic mass is 19.1. The Labute approximate surface area is 141 Å². The molecule has 0 saturated heterocycles. The smallest absolute Gasteiger partial charge is 0.253 e. The predicted molar refractivity (Wildman–Crippen MR) is 89.2 cm³/mol. The standard InChI is InChI=1S/C19H21FN2O2/c1-13(15-5-3-6-15)22-19(23)16-8-9-18(21-11-16)24-12-14-4-2-7-17(20)10-14/h2,4,7-11,13,15H,3,5-6,12H2,1H3,(H,22,23). The third-order valence-electron chi connectivity index (χ3n) is 4.49. The number of aromatic nitrogens is 1. The van der Waals surface area contributed by atoms with Gasteiger partial charge in [0.1, 0.15) is 12.4 Å². The predicted octanol–water partition coefficient (Wildman–Crippen LogP) is 3.72. The molecule has 1 aliphatic rings. The molecule has 1 N–H and O–H groups in total. The Hall–Kier alpha value is -2.43. The van der Waals surface area contributed by atoms with Crippen molar-refractivity contribution in [3.63, 3.8) is 0 Å². The first-order chi connectivity index (χ1) is 11.6. The molecule has 0 bridgehead atoms. The average molecular weight is 328 g/mol. The van der Waals surface area contributed by atoms with Crippen LogP contribution < -0.4 is 10.1 Å². The lowest BCUT2D eigenvalue weighted by Gasteiger charge is -2.31. The molecule has 24 heavy (non-hydrogen) atoms. The molecule has 1 fully saturated rings. The second kappa shape index (κ2) is 7.43. The number of nitrogens with zero attached hydrogens (tertiary/aromatic N) is 1. The van der Waals surface area contributed by atoms with E-state index in [1.54, 1.807) is 24.3 Å². The van der Waals surface area contributed by atoms with E-state index in [1.807, 2.05) is 6.92 Å². The topological polar surface area (TPSA) is 51.2 Å². The van der Waals surface area contributed by atoms with Gasteiger partial charge in [-0.3, -0.25) is 4.79 Å².